The van der Waals surface area contributed by atoms with Crippen LogP contribution in [-0.4, -0.2) is 37.1 Å². The van der Waals surface area contributed by atoms with E-state index in [9.17, 15) is 9.59 Å². The first-order valence-corrected chi connectivity index (χ1v) is 11.0. The van der Waals surface area contributed by atoms with Crippen molar-refractivity contribution in [3.8, 4) is 11.1 Å². The molecule has 7 heteroatoms. The number of nitrogens with zero attached hydrogens (tertiary/aromatic N) is 2. The summed E-state index contributed by atoms with van der Waals surface area (Å²) in [5.74, 6) is 0.591. The summed E-state index contributed by atoms with van der Waals surface area (Å²) in [4.78, 5) is 31.5. The van der Waals surface area contributed by atoms with Gasteiger partial charge in [0.05, 0.1) is 13.2 Å². The molecule has 3 aromatic heterocycles. The average molecular weight is 433 g/mol. The molecule has 1 aliphatic rings. The van der Waals surface area contributed by atoms with E-state index >= 15 is 0 Å². The Kier molecular flexibility index (Phi) is 5.36. The van der Waals surface area contributed by atoms with Gasteiger partial charge in [-0.05, 0) is 29.3 Å². The molecule has 0 unspecified atom stereocenters. The van der Waals surface area contributed by atoms with Crippen LogP contribution in [0.1, 0.15) is 15.9 Å². The van der Waals surface area contributed by atoms with Gasteiger partial charge in [0.25, 0.3) is 0 Å². The monoisotopic (exact) mass is 432 g/mol. The van der Waals surface area contributed by atoms with Crippen molar-refractivity contribution in [2.24, 2.45) is 0 Å². The van der Waals surface area contributed by atoms with E-state index in [1.807, 2.05) is 46.7 Å². The Bertz CT molecular complexity index is 1290. The number of ketones is 1. The number of rotatable bonds is 5. The van der Waals surface area contributed by atoms with Gasteiger partial charge >= 0.3 is 0 Å². The van der Waals surface area contributed by atoms with Gasteiger partial charge in [-0.2, -0.15) is 0 Å². The summed E-state index contributed by atoms with van der Waals surface area (Å²) in [6, 6.07) is 12.7. The Morgan fingerprint density at radius 2 is 1.90 bits per heavy atom. The van der Waals surface area contributed by atoms with Crippen LogP contribution < -0.4 is 10.3 Å². The maximum absolute atomic E-state index is 12.8. The van der Waals surface area contributed by atoms with Gasteiger partial charge in [0.2, 0.25) is 5.43 Å². The first kappa shape index (κ1) is 19.7. The van der Waals surface area contributed by atoms with Gasteiger partial charge < -0.3 is 14.1 Å². The lowest BCUT2D eigenvalue weighted by Crippen LogP contribution is -2.36. The normalized spacial score (nSPS) is 14.1. The second kappa shape index (κ2) is 8.45. The zero-order chi connectivity index (χ0) is 21.2. The van der Waals surface area contributed by atoms with E-state index in [4.69, 9.17) is 9.15 Å². The molecule has 1 saturated heterocycles. The molecule has 5 rings (SSSR count). The van der Waals surface area contributed by atoms with Crippen LogP contribution in [0.3, 0.4) is 0 Å². The summed E-state index contributed by atoms with van der Waals surface area (Å²) in [5.41, 5.74) is 3.74. The Labute approximate surface area is 182 Å². The van der Waals surface area contributed by atoms with E-state index in [-0.39, 0.29) is 11.2 Å². The molecular weight excluding hydrogens is 412 g/mol. The third-order valence-electron chi connectivity index (χ3n) is 5.36. The number of aromatic nitrogens is 1. The molecule has 4 heterocycles. The molecule has 0 amide bonds. The number of hydrogen-bond donors (Lipinski definition) is 0. The number of thiophene rings is 1. The highest BCUT2D eigenvalue weighted by molar-refractivity contribution is 7.17. The predicted octanol–water partition coefficient (Wildman–Crippen LogP) is 4.18. The van der Waals surface area contributed by atoms with Crippen LogP contribution in [0.4, 0.5) is 5.88 Å². The summed E-state index contributed by atoms with van der Waals surface area (Å²) >= 11 is 1.37. The number of fused-ring (bicyclic) bond motifs is 1. The smallest absolute Gasteiger partial charge is 0.204 e. The van der Waals surface area contributed by atoms with Crippen molar-refractivity contribution in [2.45, 2.75) is 6.42 Å². The number of morpholine rings is 1. The highest BCUT2D eigenvalue weighted by Crippen LogP contribution is 2.35. The molecule has 1 aliphatic heterocycles. The van der Waals surface area contributed by atoms with E-state index < -0.39 is 0 Å². The van der Waals surface area contributed by atoms with Crippen molar-refractivity contribution < 1.29 is 13.9 Å². The minimum Gasteiger partial charge on any atom is -0.439 e. The van der Waals surface area contributed by atoms with Gasteiger partial charge in [-0.3, -0.25) is 14.6 Å². The Balaban J connectivity index is 1.50. The lowest BCUT2D eigenvalue weighted by atomic mass is 9.99. The van der Waals surface area contributed by atoms with Crippen LogP contribution in [-0.2, 0) is 11.2 Å². The van der Waals surface area contributed by atoms with Crippen LogP contribution in [0.15, 0.2) is 69.5 Å². The second-order valence-corrected chi connectivity index (χ2v) is 8.27. The number of carbonyl (C=O) groups excluding carboxylic acids is 1. The van der Waals surface area contributed by atoms with Gasteiger partial charge in [-0.1, -0.05) is 18.2 Å². The Hall–Kier alpha value is -3.29. The summed E-state index contributed by atoms with van der Waals surface area (Å²) in [6.45, 7) is 2.60. The maximum atomic E-state index is 12.8. The maximum Gasteiger partial charge on any atom is 0.204 e. The Morgan fingerprint density at radius 1 is 1.10 bits per heavy atom. The van der Waals surface area contributed by atoms with Crippen LogP contribution in [0.25, 0.3) is 21.4 Å². The predicted molar refractivity (Wildman–Crippen MR) is 121 cm³/mol. The highest BCUT2D eigenvalue weighted by Gasteiger charge is 2.19. The SMILES string of the molecule is O=C(Cc1ccncc1)c1cccc(-c2csc3c(=O)cc(N4CCOCC4)oc23)c1. The fourth-order valence-electron chi connectivity index (χ4n) is 3.72. The van der Waals surface area contributed by atoms with Gasteiger partial charge in [-0.25, -0.2) is 0 Å². The molecule has 1 aromatic carbocycles. The molecule has 0 saturated carbocycles. The molecular formula is C24H20N2O4S. The van der Waals surface area contributed by atoms with E-state index in [1.54, 1.807) is 18.5 Å². The number of carbonyl (C=O) groups is 1. The van der Waals surface area contributed by atoms with E-state index in [0.29, 0.717) is 54.5 Å². The number of anilines is 1. The van der Waals surface area contributed by atoms with Crippen molar-refractivity contribution in [3.63, 3.8) is 0 Å². The van der Waals surface area contributed by atoms with Crippen molar-refractivity contribution >= 4 is 33.3 Å². The average Bonchev–Trinajstić information content (AvgIpc) is 3.25. The standard InChI is InChI=1S/C24H20N2O4S/c27-20(12-16-4-6-25-7-5-16)18-3-1-2-17(13-18)19-15-31-24-21(28)14-22(30-23(19)24)26-8-10-29-11-9-26/h1-7,13-15H,8-12H2. The first-order valence-electron chi connectivity index (χ1n) is 10.1. The van der Waals surface area contributed by atoms with Crippen molar-refractivity contribution in [3.05, 3.63) is 81.6 Å². The molecule has 6 nitrogen and oxygen atoms in total. The van der Waals surface area contributed by atoms with Crippen LogP contribution >= 0.6 is 11.3 Å². The van der Waals surface area contributed by atoms with Gasteiger partial charge in [0, 0.05) is 54.5 Å². The first-order chi connectivity index (χ1) is 15.2. The van der Waals surface area contributed by atoms with Gasteiger partial charge in [-0.15, -0.1) is 11.3 Å². The number of ether oxygens (including phenoxy) is 1. The van der Waals surface area contributed by atoms with Crippen molar-refractivity contribution in [1.29, 1.82) is 0 Å². The van der Waals surface area contributed by atoms with Crippen molar-refractivity contribution in [1.82, 2.24) is 4.98 Å². The van der Waals surface area contributed by atoms with Crippen LogP contribution in [0, 0.1) is 0 Å². The fraction of sp³-hybridized carbons (Fsp3) is 0.208. The second-order valence-electron chi connectivity index (χ2n) is 7.39. The van der Waals surface area contributed by atoms with Crippen molar-refractivity contribution in [2.75, 3.05) is 31.2 Å². The minimum absolute atomic E-state index is 0.0306. The van der Waals surface area contributed by atoms with E-state index in [1.165, 1.54) is 11.3 Å². The number of Topliss-reactive ketones (excluding diaryl/α,β-unsaturated/α-hetero) is 1. The molecule has 0 atom stereocenters. The third-order valence-corrected chi connectivity index (χ3v) is 6.34. The summed E-state index contributed by atoms with van der Waals surface area (Å²) in [5, 5.41) is 1.92. The quantitative estimate of drug-likeness (QED) is 0.441. The zero-order valence-electron chi connectivity index (χ0n) is 16.7. The molecule has 0 N–H and O–H groups in total. The van der Waals surface area contributed by atoms with E-state index in [2.05, 4.69) is 4.98 Å². The van der Waals surface area contributed by atoms with Crippen LogP contribution in [0.2, 0.25) is 0 Å². The third kappa shape index (κ3) is 4.02. The highest BCUT2D eigenvalue weighted by atomic mass is 32.1. The summed E-state index contributed by atoms with van der Waals surface area (Å²) < 4.78 is 12.2. The largest absolute Gasteiger partial charge is 0.439 e. The molecule has 0 bridgehead atoms. The lowest BCUT2D eigenvalue weighted by molar-refractivity contribution is 0.0993. The zero-order valence-corrected chi connectivity index (χ0v) is 17.6. The topological polar surface area (TPSA) is 72.6 Å². The Morgan fingerprint density at radius 3 is 2.71 bits per heavy atom. The summed E-state index contributed by atoms with van der Waals surface area (Å²) in [6.07, 6.45) is 3.68. The summed E-state index contributed by atoms with van der Waals surface area (Å²) in [7, 11) is 0. The number of pyridine rings is 1. The van der Waals surface area contributed by atoms with Gasteiger partial charge in [0.1, 0.15) is 4.70 Å². The molecule has 156 valence electrons. The minimum atomic E-state index is -0.0519. The number of benzene rings is 1. The molecule has 31 heavy (non-hydrogen) atoms. The van der Waals surface area contributed by atoms with E-state index in [0.717, 1.165) is 16.7 Å². The lowest BCUT2D eigenvalue weighted by Gasteiger charge is -2.27. The van der Waals surface area contributed by atoms with Crippen LogP contribution in [0.5, 0.6) is 0 Å². The number of hydrogen-bond acceptors (Lipinski definition) is 7. The molecule has 0 aliphatic carbocycles. The van der Waals surface area contributed by atoms with Gasteiger partial charge in [0.15, 0.2) is 17.3 Å². The molecule has 0 radical (unpaired) electrons. The molecule has 1 fully saturated rings. The molecule has 4 aromatic rings. The fourth-order valence-corrected chi connectivity index (χ4v) is 4.63. The molecule has 0 spiro atoms.